The van der Waals surface area contributed by atoms with Gasteiger partial charge in [0, 0.05) is 28.5 Å². The Hall–Kier alpha value is -3.13. The molecular weight excluding hydrogens is 390 g/mol. The first-order valence-corrected chi connectivity index (χ1v) is 10.0. The van der Waals surface area contributed by atoms with Gasteiger partial charge in [-0.1, -0.05) is 0 Å². The van der Waals surface area contributed by atoms with Crippen LogP contribution in [0.15, 0.2) is 28.0 Å². The molecule has 2 amide bonds. The van der Waals surface area contributed by atoms with Crippen molar-refractivity contribution in [3.05, 3.63) is 46.2 Å². The highest BCUT2D eigenvalue weighted by Crippen LogP contribution is 2.35. The number of hydrogen-bond donors (Lipinski definition) is 2. The van der Waals surface area contributed by atoms with Gasteiger partial charge in [-0.2, -0.15) is 0 Å². The fourth-order valence-corrected chi connectivity index (χ4v) is 3.71. The molecule has 8 heteroatoms. The first kappa shape index (κ1) is 20.6. The lowest BCUT2D eigenvalue weighted by molar-refractivity contribution is -0.117. The van der Waals surface area contributed by atoms with Crippen molar-refractivity contribution in [3.63, 3.8) is 0 Å². The van der Waals surface area contributed by atoms with Gasteiger partial charge >= 0.3 is 0 Å². The standard InChI is InChI=1S/C21H23N3O4S/c1-5-27-17-9-18-16(12(3)13(4)28-18)8-15(17)11(2)6-20(26)24-21-23-14(10-29-21)7-19(22)25/h6,8-10H,5,7H2,1-4H3,(H2,22,25)(H,23,24,26)/b11-6+. The quantitative estimate of drug-likeness (QED) is 0.570. The van der Waals surface area contributed by atoms with E-state index in [1.54, 1.807) is 5.38 Å². The molecule has 3 aromatic rings. The number of aryl methyl sites for hydroxylation is 2. The van der Waals surface area contributed by atoms with Gasteiger partial charge in [0.15, 0.2) is 5.13 Å². The van der Waals surface area contributed by atoms with Gasteiger partial charge in [-0.25, -0.2) is 4.98 Å². The number of rotatable bonds is 7. The second kappa shape index (κ2) is 8.48. The number of primary amides is 1. The topological polar surface area (TPSA) is 107 Å². The van der Waals surface area contributed by atoms with E-state index in [2.05, 4.69) is 10.3 Å². The first-order valence-electron chi connectivity index (χ1n) is 9.17. The fraction of sp³-hybridized carbons (Fsp3) is 0.286. The van der Waals surface area contributed by atoms with Gasteiger partial charge in [0.25, 0.3) is 0 Å². The van der Waals surface area contributed by atoms with Crippen LogP contribution < -0.4 is 15.8 Å². The molecule has 0 aliphatic heterocycles. The second-order valence-electron chi connectivity index (χ2n) is 6.66. The third kappa shape index (κ3) is 4.65. The number of ether oxygens (including phenoxy) is 1. The van der Waals surface area contributed by atoms with Crippen LogP contribution in [0.3, 0.4) is 0 Å². The zero-order valence-electron chi connectivity index (χ0n) is 16.8. The highest BCUT2D eigenvalue weighted by molar-refractivity contribution is 7.14. The average Bonchev–Trinajstić information content (AvgIpc) is 3.18. The molecule has 29 heavy (non-hydrogen) atoms. The molecule has 0 saturated carbocycles. The van der Waals surface area contributed by atoms with E-state index in [-0.39, 0.29) is 12.3 Å². The largest absolute Gasteiger partial charge is 0.493 e. The highest BCUT2D eigenvalue weighted by Gasteiger charge is 2.15. The minimum Gasteiger partial charge on any atom is -0.493 e. The minimum absolute atomic E-state index is 0.0441. The summed E-state index contributed by atoms with van der Waals surface area (Å²) in [6, 6.07) is 3.85. The average molecular weight is 413 g/mol. The van der Waals surface area contributed by atoms with E-state index >= 15 is 0 Å². The van der Waals surface area contributed by atoms with Crippen molar-refractivity contribution < 1.29 is 18.7 Å². The molecule has 3 N–H and O–H groups in total. The maximum Gasteiger partial charge on any atom is 0.250 e. The predicted octanol–water partition coefficient (Wildman–Crippen LogP) is 3.97. The number of carbonyl (C=O) groups excluding carboxylic acids is 2. The molecule has 1 aromatic carbocycles. The Morgan fingerprint density at radius 2 is 2.10 bits per heavy atom. The molecule has 2 aromatic heterocycles. The maximum absolute atomic E-state index is 12.5. The van der Waals surface area contributed by atoms with Crippen LogP contribution >= 0.6 is 11.3 Å². The zero-order chi connectivity index (χ0) is 21.1. The van der Waals surface area contributed by atoms with Crippen molar-refractivity contribution in [2.45, 2.75) is 34.1 Å². The summed E-state index contributed by atoms with van der Waals surface area (Å²) in [5, 5.41) is 5.82. The molecule has 0 spiro atoms. The lowest BCUT2D eigenvalue weighted by Gasteiger charge is -2.11. The third-order valence-electron chi connectivity index (χ3n) is 4.49. The molecule has 3 rings (SSSR count). The van der Waals surface area contributed by atoms with Gasteiger partial charge in [0.2, 0.25) is 11.8 Å². The molecule has 0 fully saturated rings. The SMILES string of the molecule is CCOc1cc2oc(C)c(C)c2cc1/C(C)=C/C(=O)Nc1nc(CC(N)=O)cs1. The molecule has 0 aliphatic carbocycles. The smallest absolute Gasteiger partial charge is 0.250 e. The minimum atomic E-state index is -0.465. The van der Waals surface area contributed by atoms with E-state index in [9.17, 15) is 9.59 Å². The molecule has 0 atom stereocenters. The summed E-state index contributed by atoms with van der Waals surface area (Å²) in [5.41, 5.74) is 9.10. The van der Waals surface area contributed by atoms with Crippen molar-refractivity contribution >= 4 is 44.8 Å². The predicted molar refractivity (Wildman–Crippen MR) is 114 cm³/mol. The van der Waals surface area contributed by atoms with E-state index in [4.69, 9.17) is 14.9 Å². The molecule has 0 unspecified atom stereocenters. The number of amides is 2. The first-order chi connectivity index (χ1) is 13.8. The van der Waals surface area contributed by atoms with Crippen LogP contribution in [-0.4, -0.2) is 23.4 Å². The number of anilines is 1. The van der Waals surface area contributed by atoms with Gasteiger partial charge in [-0.05, 0) is 44.9 Å². The van der Waals surface area contributed by atoms with E-state index in [0.29, 0.717) is 23.2 Å². The molecule has 152 valence electrons. The molecule has 0 saturated heterocycles. The molecule has 0 radical (unpaired) electrons. The number of allylic oxidation sites excluding steroid dienone is 1. The van der Waals surface area contributed by atoms with Crippen molar-refractivity contribution in [3.8, 4) is 5.75 Å². The molecule has 0 bridgehead atoms. The van der Waals surface area contributed by atoms with E-state index in [1.807, 2.05) is 39.8 Å². The van der Waals surface area contributed by atoms with Gasteiger partial charge < -0.3 is 14.9 Å². The zero-order valence-corrected chi connectivity index (χ0v) is 17.6. The molecule has 2 heterocycles. The van der Waals surface area contributed by atoms with Crippen LogP contribution in [-0.2, 0) is 16.0 Å². The van der Waals surface area contributed by atoms with Crippen molar-refractivity contribution in [2.75, 3.05) is 11.9 Å². The number of furan rings is 1. The summed E-state index contributed by atoms with van der Waals surface area (Å²) in [6.45, 7) is 8.18. The lowest BCUT2D eigenvalue weighted by atomic mass is 10.0. The Balaban J connectivity index is 1.87. The number of benzene rings is 1. The Kier molecular flexibility index (Phi) is 6.03. The normalized spacial score (nSPS) is 11.7. The maximum atomic E-state index is 12.5. The van der Waals surface area contributed by atoms with E-state index in [1.165, 1.54) is 17.4 Å². The third-order valence-corrected chi connectivity index (χ3v) is 5.29. The summed E-state index contributed by atoms with van der Waals surface area (Å²) in [7, 11) is 0. The van der Waals surface area contributed by atoms with Crippen molar-refractivity contribution in [1.29, 1.82) is 0 Å². The fourth-order valence-electron chi connectivity index (χ4n) is 2.99. The number of thiazole rings is 1. The summed E-state index contributed by atoms with van der Waals surface area (Å²) in [6.07, 6.45) is 1.55. The van der Waals surface area contributed by atoms with Crippen LogP contribution in [0.25, 0.3) is 16.5 Å². The number of nitrogens with one attached hydrogen (secondary N) is 1. The van der Waals surface area contributed by atoms with Crippen LogP contribution in [0.5, 0.6) is 5.75 Å². The van der Waals surface area contributed by atoms with Crippen LogP contribution in [0, 0.1) is 13.8 Å². The number of carbonyl (C=O) groups is 2. The number of nitrogens with two attached hydrogens (primary N) is 1. The Labute approximate surface area is 172 Å². The number of aromatic nitrogens is 1. The molecular formula is C21H23N3O4S. The Morgan fingerprint density at radius 3 is 2.79 bits per heavy atom. The van der Waals surface area contributed by atoms with Crippen molar-refractivity contribution in [1.82, 2.24) is 4.98 Å². The number of nitrogens with zero attached hydrogens (tertiary/aromatic N) is 1. The highest BCUT2D eigenvalue weighted by atomic mass is 32.1. The van der Waals surface area contributed by atoms with Gasteiger partial charge in [0.05, 0.1) is 18.7 Å². The summed E-state index contributed by atoms with van der Waals surface area (Å²) >= 11 is 1.24. The summed E-state index contributed by atoms with van der Waals surface area (Å²) in [5.74, 6) is 0.737. The number of hydrogen-bond acceptors (Lipinski definition) is 6. The Morgan fingerprint density at radius 1 is 1.34 bits per heavy atom. The van der Waals surface area contributed by atoms with Crippen LogP contribution in [0.4, 0.5) is 5.13 Å². The van der Waals surface area contributed by atoms with E-state index in [0.717, 1.165) is 33.4 Å². The molecule has 0 aliphatic rings. The monoisotopic (exact) mass is 413 g/mol. The van der Waals surface area contributed by atoms with Gasteiger partial charge in [-0.15, -0.1) is 11.3 Å². The summed E-state index contributed by atoms with van der Waals surface area (Å²) < 4.78 is 11.6. The Bertz CT molecular complexity index is 1110. The van der Waals surface area contributed by atoms with Gasteiger partial charge in [-0.3, -0.25) is 14.9 Å². The van der Waals surface area contributed by atoms with Crippen molar-refractivity contribution in [2.24, 2.45) is 5.73 Å². The van der Waals surface area contributed by atoms with E-state index < -0.39 is 5.91 Å². The number of fused-ring (bicyclic) bond motifs is 1. The second-order valence-corrected chi connectivity index (χ2v) is 7.52. The van der Waals surface area contributed by atoms with Crippen LogP contribution in [0.2, 0.25) is 0 Å². The molecule has 7 nitrogen and oxygen atoms in total. The van der Waals surface area contributed by atoms with Crippen LogP contribution in [0.1, 0.15) is 36.4 Å². The summed E-state index contributed by atoms with van der Waals surface area (Å²) in [4.78, 5) is 27.6. The van der Waals surface area contributed by atoms with Gasteiger partial charge in [0.1, 0.15) is 17.1 Å². The lowest BCUT2D eigenvalue weighted by Crippen LogP contribution is -2.14.